The van der Waals surface area contributed by atoms with Crippen LogP contribution in [0.25, 0.3) is 22.8 Å². The number of ether oxygens (including phenoxy) is 2. The molecule has 1 heterocycles. The van der Waals surface area contributed by atoms with E-state index in [1.807, 2.05) is 30.3 Å². The lowest BCUT2D eigenvalue weighted by Gasteiger charge is -2.09. The minimum Gasteiger partial charge on any atom is -0.497 e. The van der Waals surface area contributed by atoms with E-state index in [2.05, 4.69) is 10.3 Å². The Balaban J connectivity index is 1.56. The van der Waals surface area contributed by atoms with Gasteiger partial charge in [-0.15, -0.1) is 0 Å². The highest BCUT2D eigenvalue weighted by atomic mass is 16.5. The monoisotopic (exact) mass is 442 g/mol. The number of esters is 1. The second-order valence-corrected chi connectivity index (χ2v) is 7.06. The topological polar surface area (TPSA) is 90.7 Å². The number of oxazole rings is 1. The number of aromatic nitrogens is 1. The Morgan fingerprint density at radius 1 is 1.00 bits per heavy atom. The molecule has 0 aliphatic rings. The number of benzene rings is 3. The molecule has 0 saturated heterocycles. The fourth-order valence-corrected chi connectivity index (χ4v) is 3.28. The van der Waals surface area contributed by atoms with E-state index in [9.17, 15) is 9.59 Å². The van der Waals surface area contributed by atoms with Gasteiger partial charge in [-0.1, -0.05) is 24.3 Å². The molecule has 7 nitrogen and oxygen atoms in total. The fraction of sp³-hybridized carbons (Fsp3) is 0.115. The zero-order valence-electron chi connectivity index (χ0n) is 18.2. The van der Waals surface area contributed by atoms with Crippen molar-refractivity contribution < 1.29 is 23.5 Å². The number of methoxy groups -OCH3 is 1. The summed E-state index contributed by atoms with van der Waals surface area (Å²) < 4.78 is 16.2. The van der Waals surface area contributed by atoms with E-state index in [-0.39, 0.29) is 5.91 Å². The van der Waals surface area contributed by atoms with Crippen molar-refractivity contribution in [1.29, 1.82) is 0 Å². The molecule has 0 fully saturated rings. The van der Waals surface area contributed by atoms with Gasteiger partial charge in [-0.25, -0.2) is 9.78 Å². The van der Waals surface area contributed by atoms with E-state index in [0.29, 0.717) is 46.4 Å². The Morgan fingerprint density at radius 3 is 2.55 bits per heavy atom. The number of rotatable bonds is 7. The summed E-state index contributed by atoms with van der Waals surface area (Å²) >= 11 is 0. The lowest BCUT2D eigenvalue weighted by atomic mass is 10.1. The van der Waals surface area contributed by atoms with Crippen LogP contribution in [-0.2, 0) is 4.74 Å². The third-order valence-corrected chi connectivity index (χ3v) is 4.92. The molecule has 0 saturated carbocycles. The summed E-state index contributed by atoms with van der Waals surface area (Å²) in [6.07, 6.45) is 1.62. The molecule has 166 valence electrons. The third kappa shape index (κ3) is 4.93. The van der Waals surface area contributed by atoms with Gasteiger partial charge in [0.15, 0.2) is 5.76 Å². The van der Waals surface area contributed by atoms with E-state index < -0.39 is 5.97 Å². The molecule has 0 radical (unpaired) electrons. The SMILES string of the molecule is CCOC(=O)c1ccc(NC(=O)c2ccccc2-c2ncc(-c3cccc(OC)c3)o2)cc1. The molecule has 0 spiro atoms. The van der Waals surface area contributed by atoms with Crippen molar-refractivity contribution in [2.45, 2.75) is 6.92 Å². The average molecular weight is 442 g/mol. The van der Waals surface area contributed by atoms with E-state index in [1.165, 1.54) is 0 Å². The first-order valence-electron chi connectivity index (χ1n) is 10.4. The van der Waals surface area contributed by atoms with Gasteiger partial charge >= 0.3 is 5.97 Å². The molecule has 0 aliphatic carbocycles. The second kappa shape index (κ2) is 9.82. The molecular weight excluding hydrogens is 420 g/mol. The van der Waals surface area contributed by atoms with E-state index in [4.69, 9.17) is 13.9 Å². The first-order valence-corrected chi connectivity index (χ1v) is 10.4. The van der Waals surface area contributed by atoms with Gasteiger partial charge in [0, 0.05) is 16.8 Å². The van der Waals surface area contributed by atoms with Crippen LogP contribution >= 0.6 is 0 Å². The predicted molar refractivity (Wildman–Crippen MR) is 124 cm³/mol. The van der Waals surface area contributed by atoms with Crippen molar-refractivity contribution in [2.75, 3.05) is 19.0 Å². The lowest BCUT2D eigenvalue weighted by molar-refractivity contribution is 0.0526. The van der Waals surface area contributed by atoms with Crippen molar-refractivity contribution in [1.82, 2.24) is 4.98 Å². The summed E-state index contributed by atoms with van der Waals surface area (Å²) in [6.45, 7) is 2.05. The quantitative estimate of drug-likeness (QED) is 0.383. The van der Waals surface area contributed by atoms with Crippen LogP contribution in [0.1, 0.15) is 27.6 Å². The number of nitrogens with zero attached hydrogens (tertiary/aromatic N) is 1. The standard InChI is InChI=1S/C26H22N2O5/c1-3-32-26(30)17-11-13-19(14-12-17)28-24(29)21-9-4-5-10-22(21)25-27-16-23(33-25)18-7-6-8-20(15-18)31-2/h4-16H,3H2,1-2H3,(H,28,29). The largest absolute Gasteiger partial charge is 0.497 e. The molecular formula is C26H22N2O5. The highest BCUT2D eigenvalue weighted by molar-refractivity contribution is 6.08. The number of anilines is 1. The number of carbonyl (C=O) groups excluding carboxylic acids is 2. The zero-order valence-corrected chi connectivity index (χ0v) is 18.2. The number of nitrogens with one attached hydrogen (secondary N) is 1. The molecule has 33 heavy (non-hydrogen) atoms. The fourth-order valence-electron chi connectivity index (χ4n) is 3.28. The summed E-state index contributed by atoms with van der Waals surface area (Å²) in [5, 5.41) is 2.84. The summed E-state index contributed by atoms with van der Waals surface area (Å²) in [5.74, 6) is 0.871. The molecule has 3 aromatic carbocycles. The van der Waals surface area contributed by atoms with Gasteiger partial charge in [0.05, 0.1) is 31.0 Å². The van der Waals surface area contributed by atoms with Crippen LogP contribution in [0, 0.1) is 0 Å². The normalized spacial score (nSPS) is 10.5. The van der Waals surface area contributed by atoms with Crippen LogP contribution in [-0.4, -0.2) is 30.6 Å². The summed E-state index contributed by atoms with van der Waals surface area (Å²) in [4.78, 5) is 29.2. The highest BCUT2D eigenvalue weighted by Crippen LogP contribution is 2.30. The number of hydrogen-bond acceptors (Lipinski definition) is 6. The van der Waals surface area contributed by atoms with Crippen LogP contribution in [0.4, 0.5) is 5.69 Å². The molecule has 4 aromatic rings. The van der Waals surface area contributed by atoms with E-state index in [0.717, 1.165) is 5.56 Å². The summed E-state index contributed by atoms with van der Waals surface area (Å²) in [6, 6.07) is 21.0. The van der Waals surface area contributed by atoms with Crippen molar-refractivity contribution in [2.24, 2.45) is 0 Å². The zero-order chi connectivity index (χ0) is 23.2. The van der Waals surface area contributed by atoms with E-state index >= 15 is 0 Å². The lowest BCUT2D eigenvalue weighted by Crippen LogP contribution is -2.13. The van der Waals surface area contributed by atoms with Crippen LogP contribution < -0.4 is 10.1 Å². The van der Waals surface area contributed by atoms with Gasteiger partial charge in [-0.05, 0) is 55.5 Å². The number of hydrogen-bond donors (Lipinski definition) is 1. The summed E-state index contributed by atoms with van der Waals surface area (Å²) in [7, 11) is 1.60. The summed E-state index contributed by atoms with van der Waals surface area (Å²) in [5.41, 5.74) is 2.75. The Labute approximate surface area is 191 Å². The molecule has 1 amide bonds. The maximum atomic E-state index is 13.0. The van der Waals surface area contributed by atoms with Crippen molar-refractivity contribution in [3.63, 3.8) is 0 Å². The first kappa shape index (κ1) is 21.8. The van der Waals surface area contributed by atoms with Crippen molar-refractivity contribution in [3.8, 4) is 28.5 Å². The van der Waals surface area contributed by atoms with Crippen molar-refractivity contribution >= 4 is 17.6 Å². The van der Waals surface area contributed by atoms with Gasteiger partial charge in [0.2, 0.25) is 5.89 Å². The van der Waals surface area contributed by atoms with Gasteiger partial charge in [0.25, 0.3) is 5.91 Å². The van der Waals surface area contributed by atoms with Crippen LogP contribution in [0.5, 0.6) is 5.75 Å². The molecule has 4 rings (SSSR count). The van der Waals surface area contributed by atoms with E-state index in [1.54, 1.807) is 62.7 Å². The molecule has 1 N–H and O–H groups in total. The Bertz CT molecular complexity index is 1280. The molecule has 0 aliphatic heterocycles. The minimum atomic E-state index is -0.406. The van der Waals surface area contributed by atoms with Gasteiger partial charge in [-0.2, -0.15) is 0 Å². The Morgan fingerprint density at radius 2 is 1.79 bits per heavy atom. The maximum Gasteiger partial charge on any atom is 0.338 e. The van der Waals surface area contributed by atoms with Gasteiger partial charge < -0.3 is 19.2 Å². The molecule has 0 atom stereocenters. The Kier molecular flexibility index (Phi) is 6.50. The minimum absolute atomic E-state index is 0.300. The molecule has 0 bridgehead atoms. The van der Waals surface area contributed by atoms with Gasteiger partial charge in [0.1, 0.15) is 5.75 Å². The van der Waals surface area contributed by atoms with Crippen LogP contribution in [0.2, 0.25) is 0 Å². The van der Waals surface area contributed by atoms with Crippen molar-refractivity contribution in [3.05, 3.63) is 90.1 Å². The molecule has 1 aromatic heterocycles. The smallest absolute Gasteiger partial charge is 0.338 e. The third-order valence-electron chi connectivity index (χ3n) is 4.92. The molecule has 0 unspecified atom stereocenters. The molecule has 7 heteroatoms. The number of amides is 1. The maximum absolute atomic E-state index is 13.0. The second-order valence-electron chi connectivity index (χ2n) is 7.06. The van der Waals surface area contributed by atoms with Crippen LogP contribution in [0.3, 0.4) is 0 Å². The Hall–Kier alpha value is -4.39. The number of carbonyl (C=O) groups is 2. The average Bonchev–Trinajstić information content (AvgIpc) is 3.35. The highest BCUT2D eigenvalue weighted by Gasteiger charge is 2.17. The van der Waals surface area contributed by atoms with Crippen LogP contribution in [0.15, 0.2) is 83.4 Å². The predicted octanol–water partition coefficient (Wildman–Crippen LogP) is 5.45. The van der Waals surface area contributed by atoms with Gasteiger partial charge in [-0.3, -0.25) is 4.79 Å². The first-order chi connectivity index (χ1) is 16.1.